The Bertz CT molecular complexity index is 888. The largest absolute Gasteiger partial charge is 0.471 e. The van der Waals surface area contributed by atoms with Crippen molar-refractivity contribution in [2.75, 3.05) is 5.32 Å². The topological polar surface area (TPSA) is 70.6 Å². The molecule has 2 aromatic rings. The number of aryl methyl sites for hydroxylation is 2. The third-order valence-corrected chi connectivity index (χ3v) is 3.91. The van der Waals surface area contributed by atoms with Gasteiger partial charge >= 0.3 is 12.1 Å². The van der Waals surface area contributed by atoms with Crippen molar-refractivity contribution in [1.29, 1.82) is 0 Å². The van der Waals surface area contributed by atoms with Gasteiger partial charge in [-0.25, -0.2) is 5.43 Å². The number of rotatable bonds is 4. The molecule has 0 aromatic heterocycles. The Morgan fingerprint density at radius 1 is 0.926 bits per heavy atom. The van der Waals surface area contributed by atoms with Crippen LogP contribution in [0.25, 0.3) is 0 Å². The molecule has 0 spiro atoms. The second-order valence-electron chi connectivity index (χ2n) is 5.97. The molecule has 0 saturated carbocycles. The van der Waals surface area contributed by atoms with E-state index in [4.69, 9.17) is 0 Å². The molecule has 2 N–H and O–H groups in total. The summed E-state index contributed by atoms with van der Waals surface area (Å²) in [5, 5.41) is 5.76. The van der Waals surface area contributed by atoms with Crippen LogP contribution in [0.3, 0.4) is 0 Å². The third-order valence-electron chi connectivity index (χ3n) is 3.91. The fourth-order valence-corrected chi connectivity index (χ4v) is 2.14. The van der Waals surface area contributed by atoms with Crippen molar-refractivity contribution in [3.8, 4) is 0 Å². The van der Waals surface area contributed by atoms with Crippen molar-refractivity contribution in [2.45, 2.75) is 26.9 Å². The van der Waals surface area contributed by atoms with E-state index in [-0.39, 0.29) is 11.6 Å². The Morgan fingerprint density at radius 3 is 2.07 bits per heavy atom. The van der Waals surface area contributed by atoms with Crippen molar-refractivity contribution in [2.24, 2.45) is 5.10 Å². The molecule has 2 amide bonds. The zero-order chi connectivity index (χ0) is 20.2. The van der Waals surface area contributed by atoms with E-state index in [9.17, 15) is 22.8 Å². The number of nitrogens with zero attached hydrogens (tertiary/aromatic N) is 1. The first-order chi connectivity index (χ1) is 12.6. The summed E-state index contributed by atoms with van der Waals surface area (Å²) in [7, 11) is 0. The van der Waals surface area contributed by atoms with Gasteiger partial charge in [-0.3, -0.25) is 9.59 Å². The number of amides is 2. The van der Waals surface area contributed by atoms with Gasteiger partial charge in [0.2, 0.25) is 0 Å². The molecular weight excluding hydrogens is 359 g/mol. The molecule has 0 atom stereocenters. The molecular formula is C19H18F3N3O2. The van der Waals surface area contributed by atoms with E-state index in [1.54, 1.807) is 24.4 Å². The Kier molecular flexibility index (Phi) is 5.99. The molecule has 142 valence electrons. The smallest absolute Gasteiger partial charge is 0.318 e. The second-order valence-corrected chi connectivity index (χ2v) is 5.97. The highest BCUT2D eigenvalue weighted by atomic mass is 19.4. The number of anilines is 1. The molecule has 0 fully saturated rings. The molecule has 0 aliphatic carbocycles. The maximum absolute atomic E-state index is 12.2. The standard InChI is InChI=1S/C19H18F3N3O2/c1-11-4-5-15(10-12(11)2)17(26)25-24-13(3)14-6-8-16(9-7-14)23-18(27)19(20,21)22/h4-10H,1-3H3,(H,23,27)(H,25,26)/b24-13+. The summed E-state index contributed by atoms with van der Waals surface area (Å²) in [4.78, 5) is 23.0. The minimum absolute atomic E-state index is 0.00745. The lowest BCUT2D eigenvalue weighted by atomic mass is 10.1. The number of nitrogens with one attached hydrogen (secondary N) is 2. The van der Waals surface area contributed by atoms with E-state index in [2.05, 4.69) is 10.5 Å². The van der Waals surface area contributed by atoms with E-state index >= 15 is 0 Å². The highest BCUT2D eigenvalue weighted by molar-refractivity contribution is 6.01. The van der Waals surface area contributed by atoms with Gasteiger partial charge in [-0.1, -0.05) is 18.2 Å². The second kappa shape index (κ2) is 8.03. The Labute approximate surface area is 154 Å². The lowest BCUT2D eigenvalue weighted by Gasteiger charge is -2.09. The van der Waals surface area contributed by atoms with E-state index in [1.807, 2.05) is 19.9 Å². The number of hydrogen-bond donors (Lipinski definition) is 2. The number of carbonyl (C=O) groups is 2. The van der Waals surface area contributed by atoms with Crippen LogP contribution >= 0.6 is 0 Å². The first-order valence-electron chi connectivity index (χ1n) is 7.98. The summed E-state index contributed by atoms with van der Waals surface area (Å²) < 4.78 is 36.7. The maximum Gasteiger partial charge on any atom is 0.471 e. The van der Waals surface area contributed by atoms with Gasteiger partial charge in [0.15, 0.2) is 0 Å². The normalized spacial score (nSPS) is 11.9. The predicted molar refractivity (Wildman–Crippen MR) is 96.7 cm³/mol. The molecule has 0 bridgehead atoms. The molecule has 2 aromatic carbocycles. The van der Waals surface area contributed by atoms with E-state index in [0.29, 0.717) is 16.8 Å². The Hall–Kier alpha value is -3.16. The number of alkyl halides is 3. The number of hydrogen-bond acceptors (Lipinski definition) is 3. The average Bonchev–Trinajstić information content (AvgIpc) is 2.61. The van der Waals surface area contributed by atoms with E-state index in [0.717, 1.165) is 11.1 Å². The zero-order valence-corrected chi connectivity index (χ0v) is 14.9. The van der Waals surface area contributed by atoms with Gasteiger partial charge in [-0.15, -0.1) is 0 Å². The van der Waals surface area contributed by atoms with Crippen LogP contribution in [-0.4, -0.2) is 23.7 Å². The van der Waals surface area contributed by atoms with Crippen molar-refractivity contribution in [1.82, 2.24) is 5.43 Å². The molecule has 0 radical (unpaired) electrons. The summed E-state index contributed by atoms with van der Waals surface area (Å²) in [6, 6.07) is 10.9. The van der Waals surface area contributed by atoms with Gasteiger partial charge in [0.25, 0.3) is 5.91 Å². The van der Waals surface area contributed by atoms with Crippen LogP contribution in [0.4, 0.5) is 18.9 Å². The lowest BCUT2D eigenvalue weighted by molar-refractivity contribution is -0.167. The van der Waals surface area contributed by atoms with Crippen molar-refractivity contribution >= 4 is 23.2 Å². The van der Waals surface area contributed by atoms with Crippen LogP contribution in [0.2, 0.25) is 0 Å². The fraction of sp³-hybridized carbons (Fsp3) is 0.211. The van der Waals surface area contributed by atoms with Gasteiger partial charge in [0, 0.05) is 11.3 Å². The number of benzene rings is 2. The molecule has 0 heterocycles. The molecule has 0 aliphatic rings. The predicted octanol–water partition coefficient (Wildman–Crippen LogP) is 3.96. The summed E-state index contributed by atoms with van der Waals surface area (Å²) >= 11 is 0. The third kappa shape index (κ3) is 5.40. The monoisotopic (exact) mass is 377 g/mol. The molecule has 2 rings (SSSR count). The first kappa shape index (κ1) is 20.2. The van der Waals surface area contributed by atoms with Crippen LogP contribution in [0.5, 0.6) is 0 Å². The van der Waals surface area contributed by atoms with Gasteiger partial charge in [0.05, 0.1) is 5.71 Å². The van der Waals surface area contributed by atoms with Gasteiger partial charge in [0.1, 0.15) is 0 Å². The highest BCUT2D eigenvalue weighted by Crippen LogP contribution is 2.18. The molecule has 27 heavy (non-hydrogen) atoms. The Morgan fingerprint density at radius 2 is 1.52 bits per heavy atom. The maximum atomic E-state index is 12.2. The molecule has 0 saturated heterocycles. The summed E-state index contributed by atoms with van der Waals surface area (Å²) in [6.45, 7) is 5.49. The average molecular weight is 377 g/mol. The van der Waals surface area contributed by atoms with E-state index < -0.39 is 12.1 Å². The van der Waals surface area contributed by atoms with Gasteiger partial charge in [-0.05, 0) is 61.7 Å². The van der Waals surface area contributed by atoms with Crippen molar-refractivity contribution < 1.29 is 22.8 Å². The van der Waals surface area contributed by atoms with Crippen LogP contribution in [0.15, 0.2) is 47.6 Å². The fourth-order valence-electron chi connectivity index (χ4n) is 2.14. The molecule has 5 nitrogen and oxygen atoms in total. The summed E-state index contributed by atoms with van der Waals surface area (Å²) in [6.07, 6.45) is -4.95. The molecule has 0 unspecified atom stereocenters. The number of hydrazone groups is 1. The summed E-state index contributed by atoms with van der Waals surface area (Å²) in [5.74, 6) is -2.41. The highest BCUT2D eigenvalue weighted by Gasteiger charge is 2.38. The molecule has 0 aliphatic heterocycles. The Balaban J connectivity index is 2.04. The van der Waals surface area contributed by atoms with Crippen LogP contribution in [0.1, 0.15) is 34.0 Å². The minimum atomic E-state index is -4.95. The zero-order valence-electron chi connectivity index (χ0n) is 14.9. The minimum Gasteiger partial charge on any atom is -0.318 e. The lowest BCUT2D eigenvalue weighted by Crippen LogP contribution is -2.29. The van der Waals surface area contributed by atoms with Crippen molar-refractivity contribution in [3.63, 3.8) is 0 Å². The van der Waals surface area contributed by atoms with Crippen LogP contribution < -0.4 is 10.7 Å². The van der Waals surface area contributed by atoms with Crippen LogP contribution in [-0.2, 0) is 4.79 Å². The van der Waals surface area contributed by atoms with Crippen LogP contribution in [0, 0.1) is 13.8 Å². The van der Waals surface area contributed by atoms with Crippen molar-refractivity contribution in [3.05, 3.63) is 64.7 Å². The number of carbonyl (C=O) groups excluding carboxylic acids is 2. The number of halogens is 3. The first-order valence-corrected chi connectivity index (χ1v) is 7.98. The SMILES string of the molecule is C/C(=N\NC(=O)c1ccc(C)c(C)c1)c1ccc(NC(=O)C(F)(F)F)cc1. The summed E-state index contributed by atoms with van der Waals surface area (Å²) in [5.41, 5.74) is 6.02. The van der Waals surface area contributed by atoms with Gasteiger partial charge < -0.3 is 5.32 Å². The van der Waals surface area contributed by atoms with Gasteiger partial charge in [-0.2, -0.15) is 18.3 Å². The quantitative estimate of drug-likeness (QED) is 0.625. The van der Waals surface area contributed by atoms with E-state index in [1.165, 1.54) is 24.3 Å². The molecule has 8 heteroatoms.